The summed E-state index contributed by atoms with van der Waals surface area (Å²) in [7, 11) is 0. The van der Waals surface area contributed by atoms with E-state index in [0.29, 0.717) is 5.56 Å². The van der Waals surface area contributed by atoms with Crippen LogP contribution in [0.3, 0.4) is 0 Å². The van der Waals surface area contributed by atoms with Crippen LogP contribution in [-0.4, -0.2) is 20.6 Å². The molecule has 0 aliphatic heterocycles. The summed E-state index contributed by atoms with van der Waals surface area (Å²) in [4.78, 5) is 31.8. The Balaban J connectivity index is 2.32. The minimum absolute atomic E-state index is 0.0788. The van der Waals surface area contributed by atoms with Crippen molar-refractivity contribution in [2.75, 3.05) is 0 Å². The number of nitro benzene ring substituents is 1. The fourth-order valence-electron chi connectivity index (χ4n) is 1.79. The molecular formula is C13H9FN2O5. The summed E-state index contributed by atoms with van der Waals surface area (Å²) in [6.45, 7) is 0.0788. The van der Waals surface area contributed by atoms with E-state index < -0.39 is 33.4 Å². The molecule has 8 heteroatoms. The summed E-state index contributed by atoms with van der Waals surface area (Å²) < 4.78 is 14.9. The number of benzene rings is 1. The van der Waals surface area contributed by atoms with Gasteiger partial charge in [0, 0.05) is 31.1 Å². The van der Waals surface area contributed by atoms with Gasteiger partial charge in [-0.15, -0.1) is 0 Å². The van der Waals surface area contributed by atoms with Crippen LogP contribution in [-0.2, 0) is 6.54 Å². The van der Waals surface area contributed by atoms with Gasteiger partial charge in [0.25, 0.3) is 0 Å². The summed E-state index contributed by atoms with van der Waals surface area (Å²) in [5.74, 6) is -2.33. The normalized spacial score (nSPS) is 10.3. The molecule has 2 aromatic rings. The van der Waals surface area contributed by atoms with Crippen LogP contribution in [0.4, 0.5) is 10.1 Å². The molecule has 0 unspecified atom stereocenters. The maximum atomic E-state index is 13.5. The molecule has 0 bridgehead atoms. The van der Waals surface area contributed by atoms with Crippen molar-refractivity contribution in [3.8, 4) is 0 Å². The number of hydrogen-bond donors (Lipinski definition) is 1. The minimum atomic E-state index is -1.36. The highest BCUT2D eigenvalue weighted by Crippen LogP contribution is 2.18. The topological polar surface area (TPSA) is 102 Å². The summed E-state index contributed by atoms with van der Waals surface area (Å²) in [5, 5.41) is 19.4. The van der Waals surface area contributed by atoms with Crippen LogP contribution in [0.1, 0.15) is 15.9 Å². The standard InChI is InChI=1S/C13H9FN2O5/c14-10-5-8(1-2-11(10)16(20)21)6-15-4-3-12(17)9(7-15)13(18)19/h1-5,7H,6H2,(H,18,19). The highest BCUT2D eigenvalue weighted by Gasteiger charge is 2.14. The number of carboxylic acid groups (broad SMARTS) is 1. The third-order valence-corrected chi connectivity index (χ3v) is 2.78. The molecule has 1 aromatic heterocycles. The van der Waals surface area contributed by atoms with Crippen LogP contribution in [0.5, 0.6) is 0 Å². The third kappa shape index (κ3) is 3.11. The highest BCUT2D eigenvalue weighted by atomic mass is 19.1. The second-order valence-electron chi connectivity index (χ2n) is 4.24. The molecule has 0 spiro atoms. The number of carbonyl (C=O) groups is 1. The predicted molar refractivity (Wildman–Crippen MR) is 69.8 cm³/mol. The fourth-order valence-corrected chi connectivity index (χ4v) is 1.79. The SMILES string of the molecule is O=C(O)c1cn(Cc2ccc([N+](=O)[O-])c(F)c2)ccc1=O. The molecule has 21 heavy (non-hydrogen) atoms. The minimum Gasteiger partial charge on any atom is -0.477 e. The lowest BCUT2D eigenvalue weighted by atomic mass is 10.2. The van der Waals surface area contributed by atoms with Crippen molar-refractivity contribution in [3.05, 3.63) is 73.9 Å². The van der Waals surface area contributed by atoms with E-state index in [0.717, 1.165) is 24.4 Å². The Kier molecular flexibility index (Phi) is 3.79. The van der Waals surface area contributed by atoms with E-state index in [1.165, 1.54) is 16.8 Å². The molecule has 0 saturated carbocycles. The Hall–Kier alpha value is -3.03. The Morgan fingerprint density at radius 3 is 2.67 bits per heavy atom. The maximum Gasteiger partial charge on any atom is 0.341 e. The Labute approximate surface area is 117 Å². The van der Waals surface area contributed by atoms with E-state index >= 15 is 0 Å². The van der Waals surface area contributed by atoms with Crippen LogP contribution in [0.2, 0.25) is 0 Å². The number of hydrogen-bond acceptors (Lipinski definition) is 4. The maximum absolute atomic E-state index is 13.5. The van der Waals surface area contributed by atoms with Gasteiger partial charge in [0.1, 0.15) is 5.56 Å². The Morgan fingerprint density at radius 2 is 2.10 bits per heavy atom. The quantitative estimate of drug-likeness (QED) is 0.681. The third-order valence-electron chi connectivity index (χ3n) is 2.78. The molecule has 2 rings (SSSR count). The number of pyridine rings is 1. The molecule has 0 aliphatic rings. The summed E-state index contributed by atoms with van der Waals surface area (Å²) in [6, 6.07) is 4.48. The van der Waals surface area contributed by atoms with Crippen molar-refractivity contribution >= 4 is 11.7 Å². The van der Waals surface area contributed by atoms with Crippen LogP contribution in [0, 0.1) is 15.9 Å². The predicted octanol–water partition coefficient (Wildman–Crippen LogP) is 1.64. The highest BCUT2D eigenvalue weighted by molar-refractivity contribution is 5.86. The molecule has 0 amide bonds. The molecule has 1 aromatic carbocycles. The van der Waals surface area contributed by atoms with Crippen molar-refractivity contribution in [2.45, 2.75) is 6.54 Å². The van der Waals surface area contributed by atoms with E-state index in [9.17, 15) is 24.1 Å². The number of carboxylic acids is 1. The molecule has 0 fully saturated rings. The van der Waals surface area contributed by atoms with Crippen LogP contribution in [0.15, 0.2) is 41.5 Å². The van der Waals surface area contributed by atoms with E-state index in [4.69, 9.17) is 5.11 Å². The molecular weight excluding hydrogens is 283 g/mol. The zero-order valence-corrected chi connectivity index (χ0v) is 10.5. The number of nitrogens with zero attached hydrogens (tertiary/aromatic N) is 2. The van der Waals surface area contributed by atoms with Gasteiger partial charge in [0.2, 0.25) is 5.82 Å². The number of nitro groups is 1. The van der Waals surface area contributed by atoms with Gasteiger partial charge >= 0.3 is 11.7 Å². The van der Waals surface area contributed by atoms with Gasteiger partial charge in [0.05, 0.1) is 4.92 Å². The average molecular weight is 292 g/mol. The summed E-state index contributed by atoms with van der Waals surface area (Å²) >= 11 is 0. The first-order chi connectivity index (χ1) is 9.88. The monoisotopic (exact) mass is 292 g/mol. The summed E-state index contributed by atoms with van der Waals surface area (Å²) in [5.41, 5.74) is -1.27. The molecule has 0 radical (unpaired) electrons. The van der Waals surface area contributed by atoms with Crippen molar-refractivity contribution in [3.63, 3.8) is 0 Å². The molecule has 0 saturated heterocycles. The van der Waals surface area contributed by atoms with E-state index in [1.807, 2.05) is 0 Å². The molecule has 0 aliphatic carbocycles. The van der Waals surface area contributed by atoms with Crippen LogP contribution < -0.4 is 5.43 Å². The van der Waals surface area contributed by atoms with Crippen LogP contribution in [0.25, 0.3) is 0 Å². The Bertz CT molecular complexity index is 784. The van der Waals surface area contributed by atoms with Gasteiger partial charge in [-0.1, -0.05) is 6.07 Å². The lowest BCUT2D eigenvalue weighted by Gasteiger charge is -2.07. The fraction of sp³-hybridized carbons (Fsp3) is 0.0769. The van der Waals surface area contributed by atoms with Gasteiger partial charge < -0.3 is 9.67 Å². The van der Waals surface area contributed by atoms with Crippen molar-refractivity contribution in [1.82, 2.24) is 4.57 Å². The molecule has 108 valence electrons. The van der Waals surface area contributed by atoms with Gasteiger partial charge in [0.15, 0.2) is 5.43 Å². The van der Waals surface area contributed by atoms with E-state index in [1.54, 1.807) is 0 Å². The van der Waals surface area contributed by atoms with Gasteiger partial charge in [-0.2, -0.15) is 4.39 Å². The van der Waals surface area contributed by atoms with Crippen LogP contribution >= 0.6 is 0 Å². The number of halogens is 1. The van der Waals surface area contributed by atoms with Gasteiger partial charge in [-0.3, -0.25) is 14.9 Å². The number of rotatable bonds is 4. The number of aromatic nitrogens is 1. The summed E-state index contributed by atoms with van der Waals surface area (Å²) in [6.07, 6.45) is 2.48. The molecule has 1 heterocycles. The second kappa shape index (κ2) is 5.53. The number of aromatic carboxylic acids is 1. The zero-order valence-electron chi connectivity index (χ0n) is 10.5. The van der Waals surface area contributed by atoms with Crippen molar-refractivity contribution < 1.29 is 19.2 Å². The smallest absolute Gasteiger partial charge is 0.341 e. The lowest BCUT2D eigenvalue weighted by molar-refractivity contribution is -0.387. The lowest BCUT2D eigenvalue weighted by Crippen LogP contribution is -2.16. The molecule has 1 N–H and O–H groups in total. The molecule has 7 nitrogen and oxygen atoms in total. The average Bonchev–Trinajstić information content (AvgIpc) is 2.40. The first-order valence-electron chi connectivity index (χ1n) is 5.74. The van der Waals surface area contributed by atoms with Crippen molar-refractivity contribution in [2.24, 2.45) is 0 Å². The molecule has 0 atom stereocenters. The van der Waals surface area contributed by atoms with Gasteiger partial charge in [-0.25, -0.2) is 4.79 Å². The van der Waals surface area contributed by atoms with E-state index in [-0.39, 0.29) is 6.54 Å². The Morgan fingerprint density at radius 1 is 1.38 bits per heavy atom. The first-order valence-corrected chi connectivity index (χ1v) is 5.74. The second-order valence-corrected chi connectivity index (χ2v) is 4.24. The van der Waals surface area contributed by atoms with Crippen molar-refractivity contribution in [1.29, 1.82) is 0 Å². The first kappa shape index (κ1) is 14.4. The van der Waals surface area contributed by atoms with Gasteiger partial charge in [-0.05, 0) is 11.6 Å². The largest absolute Gasteiger partial charge is 0.477 e. The van der Waals surface area contributed by atoms with E-state index in [2.05, 4.69) is 0 Å². The zero-order chi connectivity index (χ0) is 15.6.